The number of nitrogens with zero attached hydrogens (tertiary/aromatic N) is 1. The maximum Gasteiger partial charge on any atom is 0.416 e. The van der Waals surface area contributed by atoms with Gasteiger partial charge in [0.15, 0.2) is 5.75 Å². The number of carbonyl (C=O) groups excluding carboxylic acids is 1. The second-order valence-electron chi connectivity index (χ2n) is 6.72. The number of ether oxygens (including phenoxy) is 1. The van der Waals surface area contributed by atoms with Crippen LogP contribution in [0.5, 0.6) is 5.75 Å². The Hall–Kier alpha value is -1.76. The Balaban J connectivity index is 1.55. The number of nitrogens with one attached hydrogen (secondary N) is 1. The minimum atomic E-state index is -4.06. The summed E-state index contributed by atoms with van der Waals surface area (Å²) in [7, 11) is -4.06. The van der Waals surface area contributed by atoms with Crippen LogP contribution in [0.4, 0.5) is 14.5 Å². The van der Waals surface area contributed by atoms with Crippen LogP contribution in [0, 0.1) is 6.92 Å². The average molecular weight is 509 g/mol. The van der Waals surface area contributed by atoms with Crippen molar-refractivity contribution >= 4 is 49.0 Å². The maximum absolute atomic E-state index is 14.0. The van der Waals surface area contributed by atoms with Gasteiger partial charge in [-0.05, 0) is 35.0 Å². The molecule has 1 N–H and O–H groups in total. The summed E-state index contributed by atoms with van der Waals surface area (Å²) in [5.41, 5.74) is 1.16. The minimum Gasteiger partial charge on any atom is -0.427 e. The van der Waals surface area contributed by atoms with Crippen LogP contribution in [0.25, 0.3) is 0 Å². The van der Waals surface area contributed by atoms with E-state index in [0.29, 0.717) is 3.79 Å². The van der Waals surface area contributed by atoms with Gasteiger partial charge in [-0.1, -0.05) is 17.7 Å². The normalized spacial score (nSPS) is 20.5. The molecule has 29 heavy (non-hydrogen) atoms. The lowest BCUT2D eigenvalue weighted by molar-refractivity contribution is -0.172. The molecule has 0 fully saturated rings. The molecule has 0 aliphatic carbocycles. The second-order valence-corrected chi connectivity index (χ2v) is 10.7. The first-order valence-electron chi connectivity index (χ1n) is 8.47. The first-order chi connectivity index (χ1) is 13.6. The van der Waals surface area contributed by atoms with E-state index >= 15 is 0 Å². The first-order valence-corrected chi connectivity index (χ1v) is 11.5. The number of rotatable bonds is 4. The molecular formula is C17H15BrF2N2O5S2. The lowest BCUT2D eigenvalue weighted by Gasteiger charge is -2.34. The van der Waals surface area contributed by atoms with E-state index in [1.807, 2.05) is 6.92 Å². The molecule has 3 heterocycles. The number of halogens is 3. The van der Waals surface area contributed by atoms with Gasteiger partial charge in [0.05, 0.1) is 17.5 Å². The van der Waals surface area contributed by atoms with Crippen molar-refractivity contribution in [3.8, 4) is 5.75 Å². The van der Waals surface area contributed by atoms with E-state index < -0.39 is 41.3 Å². The molecule has 7 nitrogen and oxygen atoms in total. The van der Waals surface area contributed by atoms with Gasteiger partial charge in [-0.3, -0.25) is 8.98 Å². The van der Waals surface area contributed by atoms with E-state index in [1.165, 1.54) is 17.0 Å². The van der Waals surface area contributed by atoms with Crippen LogP contribution < -0.4 is 15.0 Å². The van der Waals surface area contributed by atoms with Crippen molar-refractivity contribution in [3.05, 3.63) is 38.5 Å². The summed E-state index contributed by atoms with van der Waals surface area (Å²) >= 11 is 4.13. The van der Waals surface area contributed by atoms with E-state index in [2.05, 4.69) is 21.2 Å². The molecule has 0 saturated heterocycles. The number of benzene rings is 1. The highest BCUT2D eigenvalue weighted by Crippen LogP contribution is 2.51. The second kappa shape index (κ2) is 7.18. The highest BCUT2D eigenvalue weighted by molar-refractivity contribution is 9.11. The number of anilines is 1. The van der Waals surface area contributed by atoms with Crippen molar-refractivity contribution in [2.75, 3.05) is 24.6 Å². The van der Waals surface area contributed by atoms with E-state index in [9.17, 15) is 22.0 Å². The quantitative estimate of drug-likeness (QED) is 0.638. The summed E-state index contributed by atoms with van der Waals surface area (Å²) in [5, 5.41) is 2.65. The van der Waals surface area contributed by atoms with E-state index in [0.717, 1.165) is 16.9 Å². The van der Waals surface area contributed by atoms with Gasteiger partial charge in [-0.15, -0.1) is 11.3 Å². The fraction of sp³-hybridized carbons (Fsp3) is 0.353. The van der Waals surface area contributed by atoms with Crippen LogP contribution in [0.1, 0.15) is 15.2 Å². The van der Waals surface area contributed by atoms with Gasteiger partial charge in [-0.2, -0.15) is 17.2 Å². The molecule has 1 atom stereocenters. The smallest absolute Gasteiger partial charge is 0.416 e. The molecule has 0 radical (unpaired) electrons. The molecule has 1 amide bonds. The molecule has 0 bridgehead atoms. The minimum absolute atomic E-state index is 0.0220. The Kier molecular flexibility index (Phi) is 5.08. The van der Waals surface area contributed by atoms with Crippen LogP contribution in [-0.2, 0) is 14.3 Å². The Labute approximate surface area is 177 Å². The number of amides is 1. The molecule has 2 aromatic rings. The average Bonchev–Trinajstić information content (AvgIpc) is 2.89. The van der Waals surface area contributed by atoms with Crippen molar-refractivity contribution in [1.82, 2.24) is 5.32 Å². The largest absolute Gasteiger partial charge is 0.427 e. The Bertz CT molecular complexity index is 1070. The molecule has 12 heteroatoms. The summed E-state index contributed by atoms with van der Waals surface area (Å²) in [5.74, 6) is -0.597. The van der Waals surface area contributed by atoms with E-state index in [4.69, 9.17) is 8.92 Å². The third-order valence-corrected chi connectivity index (χ3v) is 7.55. The van der Waals surface area contributed by atoms with Crippen molar-refractivity contribution in [1.29, 1.82) is 0 Å². The van der Waals surface area contributed by atoms with Crippen LogP contribution in [-0.4, -0.2) is 46.2 Å². The summed E-state index contributed by atoms with van der Waals surface area (Å²) in [6.45, 7) is 0.613. The Morgan fingerprint density at radius 2 is 2.07 bits per heavy atom. The summed E-state index contributed by atoms with van der Waals surface area (Å²) in [4.78, 5) is 14.1. The molecule has 2 aliphatic heterocycles. The van der Waals surface area contributed by atoms with Gasteiger partial charge in [0, 0.05) is 6.54 Å². The summed E-state index contributed by atoms with van der Waals surface area (Å²) in [6.07, 6.45) is -3.44. The lowest BCUT2D eigenvalue weighted by atomic mass is 10.2. The monoisotopic (exact) mass is 508 g/mol. The third-order valence-electron chi connectivity index (χ3n) is 4.46. The molecule has 0 saturated carbocycles. The number of hydrogen-bond acceptors (Lipinski definition) is 7. The fourth-order valence-electron chi connectivity index (χ4n) is 3.15. The Morgan fingerprint density at radius 1 is 1.38 bits per heavy atom. The molecular weight excluding hydrogens is 494 g/mol. The molecule has 4 rings (SSSR count). The van der Waals surface area contributed by atoms with Gasteiger partial charge in [0.2, 0.25) is 0 Å². The number of hydrogen-bond donors (Lipinski definition) is 1. The fourth-order valence-corrected chi connectivity index (χ4v) is 5.73. The standard InChI is InChI=1S/C17H15BrF2N2O5S2/c1-9-2-4-11(5-3-9)29(24,25)26-7-10-6-22-8-17(19,20)27-13-12(22)14(16(23)21-10)28-15(13)18/h2-5,10H,6-8H2,1H3,(H,21,23)/t10-/m1/s1. The maximum atomic E-state index is 14.0. The lowest BCUT2D eigenvalue weighted by Crippen LogP contribution is -2.50. The molecule has 1 aromatic carbocycles. The van der Waals surface area contributed by atoms with E-state index in [1.54, 1.807) is 12.1 Å². The third kappa shape index (κ3) is 3.98. The SMILES string of the molecule is Cc1ccc(S(=O)(=O)OC[C@H]2CN3CC(F)(F)Oc4c(Br)sc(c43)C(=O)N2)cc1. The zero-order valence-corrected chi connectivity index (χ0v) is 18.2. The number of carbonyl (C=O) groups is 1. The topological polar surface area (TPSA) is 84.9 Å². The first kappa shape index (κ1) is 20.5. The van der Waals surface area contributed by atoms with Crippen LogP contribution >= 0.6 is 27.3 Å². The molecule has 156 valence electrons. The van der Waals surface area contributed by atoms with Crippen molar-refractivity contribution < 1.29 is 30.9 Å². The molecule has 1 aromatic heterocycles. The Morgan fingerprint density at radius 3 is 2.76 bits per heavy atom. The number of thiophene rings is 1. The van der Waals surface area contributed by atoms with Gasteiger partial charge < -0.3 is 15.0 Å². The predicted octanol–water partition coefficient (Wildman–Crippen LogP) is 3.13. The molecule has 0 spiro atoms. The molecule has 0 unspecified atom stereocenters. The zero-order valence-electron chi connectivity index (χ0n) is 14.9. The molecule has 2 aliphatic rings. The van der Waals surface area contributed by atoms with Gasteiger partial charge >= 0.3 is 6.11 Å². The highest BCUT2D eigenvalue weighted by atomic mass is 79.9. The van der Waals surface area contributed by atoms with Crippen LogP contribution in [0.2, 0.25) is 0 Å². The van der Waals surface area contributed by atoms with Crippen molar-refractivity contribution in [3.63, 3.8) is 0 Å². The predicted molar refractivity (Wildman–Crippen MR) is 105 cm³/mol. The summed E-state index contributed by atoms with van der Waals surface area (Å²) < 4.78 is 62.9. The van der Waals surface area contributed by atoms with Crippen LogP contribution in [0.3, 0.4) is 0 Å². The van der Waals surface area contributed by atoms with Crippen molar-refractivity contribution in [2.24, 2.45) is 0 Å². The zero-order chi connectivity index (χ0) is 21.0. The van der Waals surface area contributed by atoms with Gasteiger partial charge in [-0.25, -0.2) is 0 Å². The van der Waals surface area contributed by atoms with Gasteiger partial charge in [0.25, 0.3) is 16.0 Å². The van der Waals surface area contributed by atoms with Crippen molar-refractivity contribution in [2.45, 2.75) is 24.0 Å². The highest BCUT2D eigenvalue weighted by Gasteiger charge is 2.46. The van der Waals surface area contributed by atoms with Gasteiger partial charge in [0.1, 0.15) is 20.9 Å². The number of aryl methyl sites for hydroxylation is 1. The summed E-state index contributed by atoms with van der Waals surface area (Å²) in [6, 6.07) is 5.29. The van der Waals surface area contributed by atoms with Crippen LogP contribution in [0.15, 0.2) is 32.9 Å². The van der Waals surface area contributed by atoms with E-state index in [-0.39, 0.29) is 27.8 Å². The number of alkyl halides is 2.